The second-order valence-corrected chi connectivity index (χ2v) is 6.15. The summed E-state index contributed by atoms with van der Waals surface area (Å²) in [7, 11) is 1.99. The van der Waals surface area contributed by atoms with E-state index in [0.717, 1.165) is 29.7 Å². The Morgan fingerprint density at radius 3 is 3.11 bits per heavy atom. The van der Waals surface area contributed by atoms with Crippen LogP contribution in [0.2, 0.25) is 0 Å². The standard InChI is InChI=1S/C15H21BrN2O/c1-17-9-12-4-3-7-18(10-12)11-15(19)13-5-2-6-14(16)8-13/h2,5-6,8,12,17H,3-4,7,9-11H2,1H3. The Hall–Kier alpha value is -0.710. The lowest BCUT2D eigenvalue weighted by Gasteiger charge is -2.32. The average Bonchev–Trinajstić information content (AvgIpc) is 2.39. The first kappa shape index (κ1) is 14.7. The van der Waals surface area contributed by atoms with Gasteiger partial charge < -0.3 is 5.32 Å². The lowest BCUT2D eigenvalue weighted by Crippen LogP contribution is -2.41. The highest BCUT2D eigenvalue weighted by Gasteiger charge is 2.21. The van der Waals surface area contributed by atoms with E-state index in [1.165, 1.54) is 12.8 Å². The zero-order valence-corrected chi connectivity index (χ0v) is 12.9. The molecule has 1 unspecified atom stereocenters. The molecule has 1 aromatic rings. The molecule has 2 rings (SSSR count). The normalized spacial score (nSPS) is 20.4. The first-order chi connectivity index (χ1) is 9.19. The fraction of sp³-hybridized carbons (Fsp3) is 0.533. The second kappa shape index (κ2) is 7.17. The van der Waals surface area contributed by atoms with Crippen LogP contribution in [0.3, 0.4) is 0 Å². The second-order valence-electron chi connectivity index (χ2n) is 5.23. The third kappa shape index (κ3) is 4.41. The molecule has 1 aliphatic heterocycles. The Balaban J connectivity index is 1.91. The van der Waals surface area contributed by atoms with Crippen LogP contribution in [-0.2, 0) is 0 Å². The SMILES string of the molecule is CNCC1CCCN(CC(=O)c2cccc(Br)c2)C1. The van der Waals surface area contributed by atoms with Gasteiger partial charge in [0.05, 0.1) is 6.54 Å². The molecule has 0 amide bonds. The summed E-state index contributed by atoms with van der Waals surface area (Å²) < 4.78 is 0.963. The molecule has 0 saturated carbocycles. The summed E-state index contributed by atoms with van der Waals surface area (Å²) in [6.45, 7) is 3.65. The van der Waals surface area contributed by atoms with Crippen LogP contribution in [0.4, 0.5) is 0 Å². The topological polar surface area (TPSA) is 32.3 Å². The van der Waals surface area contributed by atoms with Crippen molar-refractivity contribution in [2.24, 2.45) is 5.92 Å². The Labute approximate surface area is 123 Å². The minimum atomic E-state index is 0.214. The van der Waals surface area contributed by atoms with E-state index in [-0.39, 0.29) is 5.78 Å². The highest BCUT2D eigenvalue weighted by molar-refractivity contribution is 9.10. The maximum atomic E-state index is 12.3. The van der Waals surface area contributed by atoms with Crippen LogP contribution in [0.25, 0.3) is 0 Å². The van der Waals surface area contributed by atoms with Gasteiger partial charge in [0.1, 0.15) is 0 Å². The molecule has 1 fully saturated rings. The smallest absolute Gasteiger partial charge is 0.176 e. The summed E-state index contributed by atoms with van der Waals surface area (Å²) >= 11 is 3.41. The molecule has 104 valence electrons. The van der Waals surface area contributed by atoms with E-state index in [1.807, 2.05) is 31.3 Å². The van der Waals surface area contributed by atoms with Crippen molar-refractivity contribution in [3.8, 4) is 0 Å². The molecule has 0 aromatic heterocycles. The molecule has 0 spiro atoms. The zero-order valence-electron chi connectivity index (χ0n) is 11.4. The summed E-state index contributed by atoms with van der Waals surface area (Å²) in [5.74, 6) is 0.889. The summed E-state index contributed by atoms with van der Waals surface area (Å²) in [4.78, 5) is 14.5. The largest absolute Gasteiger partial charge is 0.319 e. The van der Waals surface area contributed by atoms with E-state index < -0.39 is 0 Å². The summed E-state index contributed by atoms with van der Waals surface area (Å²) in [5, 5.41) is 3.23. The molecule has 0 radical (unpaired) electrons. The molecule has 0 aliphatic carbocycles. The van der Waals surface area contributed by atoms with E-state index in [4.69, 9.17) is 0 Å². The third-order valence-electron chi connectivity index (χ3n) is 3.61. The molecular weight excluding hydrogens is 304 g/mol. The van der Waals surface area contributed by atoms with E-state index in [1.54, 1.807) is 0 Å². The fourth-order valence-corrected chi connectivity index (χ4v) is 3.11. The first-order valence-corrected chi connectivity index (χ1v) is 7.64. The molecule has 1 atom stereocenters. The maximum Gasteiger partial charge on any atom is 0.176 e. The summed E-state index contributed by atoms with van der Waals surface area (Å²) in [5.41, 5.74) is 0.796. The molecule has 3 nitrogen and oxygen atoms in total. The predicted octanol–water partition coefficient (Wildman–Crippen LogP) is 2.56. The highest BCUT2D eigenvalue weighted by Crippen LogP contribution is 2.17. The zero-order chi connectivity index (χ0) is 13.7. The van der Waals surface area contributed by atoms with Gasteiger partial charge in [-0.3, -0.25) is 9.69 Å². The van der Waals surface area contributed by atoms with Crippen LogP contribution < -0.4 is 5.32 Å². The first-order valence-electron chi connectivity index (χ1n) is 6.85. The summed E-state index contributed by atoms with van der Waals surface area (Å²) in [6.07, 6.45) is 2.46. The number of nitrogens with zero attached hydrogens (tertiary/aromatic N) is 1. The lowest BCUT2D eigenvalue weighted by molar-refractivity contribution is 0.0886. The van der Waals surface area contributed by atoms with Crippen molar-refractivity contribution in [1.82, 2.24) is 10.2 Å². The molecule has 1 heterocycles. The quantitative estimate of drug-likeness (QED) is 0.845. The van der Waals surface area contributed by atoms with Crippen LogP contribution in [-0.4, -0.2) is 43.9 Å². The number of Topliss-reactive ketones (excluding diaryl/α,β-unsaturated/α-hetero) is 1. The number of halogens is 1. The van der Waals surface area contributed by atoms with Crippen LogP contribution in [0.5, 0.6) is 0 Å². The van der Waals surface area contributed by atoms with Gasteiger partial charge in [0.25, 0.3) is 0 Å². The Morgan fingerprint density at radius 1 is 1.53 bits per heavy atom. The van der Waals surface area contributed by atoms with E-state index in [9.17, 15) is 4.79 Å². The number of rotatable bonds is 5. The van der Waals surface area contributed by atoms with Gasteiger partial charge in [0.15, 0.2) is 5.78 Å². The number of piperidine rings is 1. The molecule has 1 aliphatic rings. The minimum absolute atomic E-state index is 0.214. The number of hydrogen-bond acceptors (Lipinski definition) is 3. The van der Waals surface area contributed by atoms with E-state index >= 15 is 0 Å². The Kier molecular flexibility index (Phi) is 5.55. The number of ketones is 1. The number of carbonyl (C=O) groups is 1. The number of hydrogen-bond donors (Lipinski definition) is 1. The molecule has 1 saturated heterocycles. The van der Waals surface area contributed by atoms with Gasteiger partial charge in [0, 0.05) is 16.6 Å². The van der Waals surface area contributed by atoms with Gasteiger partial charge >= 0.3 is 0 Å². The third-order valence-corrected chi connectivity index (χ3v) is 4.10. The van der Waals surface area contributed by atoms with Gasteiger partial charge in [0.2, 0.25) is 0 Å². The summed E-state index contributed by atoms with van der Waals surface area (Å²) in [6, 6.07) is 7.65. The molecule has 1 aromatic carbocycles. The number of likely N-dealkylation sites (tertiary alicyclic amines) is 1. The molecule has 4 heteroatoms. The van der Waals surface area contributed by atoms with Crippen molar-refractivity contribution in [2.75, 3.05) is 33.2 Å². The van der Waals surface area contributed by atoms with Crippen LogP contribution in [0.1, 0.15) is 23.2 Å². The lowest BCUT2D eigenvalue weighted by atomic mass is 9.97. The molecule has 1 N–H and O–H groups in total. The van der Waals surface area contributed by atoms with Gasteiger partial charge in [-0.2, -0.15) is 0 Å². The maximum absolute atomic E-state index is 12.3. The van der Waals surface area contributed by atoms with Crippen molar-refractivity contribution in [1.29, 1.82) is 0 Å². The number of nitrogens with one attached hydrogen (secondary N) is 1. The van der Waals surface area contributed by atoms with Crippen molar-refractivity contribution < 1.29 is 4.79 Å². The van der Waals surface area contributed by atoms with Crippen molar-refractivity contribution >= 4 is 21.7 Å². The molecular formula is C15H21BrN2O. The fourth-order valence-electron chi connectivity index (χ4n) is 2.71. The Morgan fingerprint density at radius 2 is 2.37 bits per heavy atom. The van der Waals surface area contributed by atoms with Crippen LogP contribution >= 0.6 is 15.9 Å². The Bertz CT molecular complexity index is 434. The van der Waals surface area contributed by atoms with Crippen molar-refractivity contribution in [3.63, 3.8) is 0 Å². The van der Waals surface area contributed by atoms with Crippen LogP contribution in [0, 0.1) is 5.92 Å². The van der Waals surface area contributed by atoms with Crippen LogP contribution in [0.15, 0.2) is 28.7 Å². The van der Waals surface area contributed by atoms with Gasteiger partial charge in [-0.15, -0.1) is 0 Å². The van der Waals surface area contributed by atoms with Crippen molar-refractivity contribution in [2.45, 2.75) is 12.8 Å². The molecule has 19 heavy (non-hydrogen) atoms. The van der Waals surface area contributed by atoms with Crippen molar-refractivity contribution in [3.05, 3.63) is 34.3 Å². The monoisotopic (exact) mass is 324 g/mol. The van der Waals surface area contributed by atoms with E-state index in [0.29, 0.717) is 12.5 Å². The number of carbonyl (C=O) groups excluding carboxylic acids is 1. The predicted molar refractivity (Wildman–Crippen MR) is 81.6 cm³/mol. The van der Waals surface area contributed by atoms with E-state index in [2.05, 4.69) is 26.1 Å². The number of benzene rings is 1. The van der Waals surface area contributed by atoms with Gasteiger partial charge in [-0.05, 0) is 51.0 Å². The average molecular weight is 325 g/mol. The molecule has 0 bridgehead atoms. The minimum Gasteiger partial charge on any atom is -0.319 e. The van der Waals surface area contributed by atoms with Gasteiger partial charge in [-0.1, -0.05) is 28.1 Å². The highest BCUT2D eigenvalue weighted by atomic mass is 79.9. The van der Waals surface area contributed by atoms with Gasteiger partial charge in [-0.25, -0.2) is 0 Å².